The average Bonchev–Trinajstić information content (AvgIpc) is 2.84. The van der Waals surface area contributed by atoms with Crippen LogP contribution in [0.5, 0.6) is 0 Å². The number of cyclic esters (lactones) is 1. The molecule has 6 nitrogen and oxygen atoms in total. The fourth-order valence-corrected chi connectivity index (χ4v) is 4.46. The molecule has 36 heavy (non-hydrogen) atoms. The van der Waals surface area contributed by atoms with Crippen molar-refractivity contribution in [1.82, 2.24) is 4.90 Å². The number of carbonyl (C=O) groups excluding carboxylic acids is 2. The number of rotatable bonds is 7. The zero-order valence-electron chi connectivity index (χ0n) is 19.5. The summed E-state index contributed by atoms with van der Waals surface area (Å²) in [5.41, 5.74) is 6.18. The number of amides is 2. The molecule has 2 amide bonds. The lowest BCUT2D eigenvalue weighted by atomic mass is 9.85. The molecule has 1 fully saturated rings. The van der Waals surface area contributed by atoms with Crippen molar-refractivity contribution in [3.63, 3.8) is 0 Å². The highest BCUT2D eigenvalue weighted by molar-refractivity contribution is 5.70. The summed E-state index contributed by atoms with van der Waals surface area (Å²) in [6.07, 6.45) is -0.986. The molecule has 0 saturated carbocycles. The van der Waals surface area contributed by atoms with Gasteiger partial charge in [-0.15, -0.1) is 0 Å². The zero-order chi connectivity index (χ0) is 25.9. The van der Waals surface area contributed by atoms with Gasteiger partial charge < -0.3 is 20.1 Å². The number of benzene rings is 3. The molecule has 0 spiro atoms. The highest BCUT2D eigenvalue weighted by atomic mass is 19.1. The van der Waals surface area contributed by atoms with Gasteiger partial charge in [-0.1, -0.05) is 36.4 Å². The Morgan fingerprint density at radius 2 is 1.72 bits per heavy atom. The third kappa shape index (κ3) is 5.30. The summed E-state index contributed by atoms with van der Waals surface area (Å²) in [6, 6.07) is 15.7. The average molecular weight is 499 g/mol. The van der Waals surface area contributed by atoms with Crippen LogP contribution >= 0.6 is 0 Å². The number of hydrogen-bond donors (Lipinski definition) is 1. The fraction of sp³-hybridized carbons (Fsp3) is 0.259. The molecule has 0 aliphatic carbocycles. The molecular weight excluding hydrogens is 473 g/mol. The van der Waals surface area contributed by atoms with Gasteiger partial charge in [0.15, 0.2) is 0 Å². The van der Waals surface area contributed by atoms with E-state index in [4.69, 9.17) is 15.2 Å². The molecule has 0 aromatic heterocycles. The highest BCUT2D eigenvalue weighted by Gasteiger charge is 2.43. The zero-order valence-corrected chi connectivity index (χ0v) is 19.5. The summed E-state index contributed by atoms with van der Waals surface area (Å²) < 4.78 is 51.6. The standard InChI is InChI=1S/C27H25F3N2O4/c1-17(18-2-4-19(5-3-18)23-11-10-22(29)16-24(23)30)32-14-12-27(36-26(32)34,13-15-35-25(31)33)20-6-8-21(28)9-7-20/h2-11,16-17H,12-15H2,1H3,(H2,31,33)/t17-,27?/m0/s1. The van der Waals surface area contributed by atoms with Crippen LogP contribution in [0.4, 0.5) is 22.8 Å². The maximum absolute atomic E-state index is 14.1. The van der Waals surface area contributed by atoms with Gasteiger partial charge in [0, 0.05) is 31.0 Å². The first-order valence-electron chi connectivity index (χ1n) is 11.4. The number of primary amides is 1. The van der Waals surface area contributed by atoms with E-state index in [-0.39, 0.29) is 24.6 Å². The fourth-order valence-electron chi connectivity index (χ4n) is 4.46. The first-order chi connectivity index (χ1) is 17.2. The lowest BCUT2D eigenvalue weighted by Gasteiger charge is -2.43. The number of halogens is 3. The van der Waals surface area contributed by atoms with E-state index in [1.807, 2.05) is 6.92 Å². The third-order valence-corrected chi connectivity index (χ3v) is 6.50. The second kappa shape index (κ2) is 10.3. The third-order valence-electron chi connectivity index (χ3n) is 6.50. The number of carbonyl (C=O) groups is 2. The summed E-state index contributed by atoms with van der Waals surface area (Å²) in [7, 11) is 0. The van der Waals surface area contributed by atoms with E-state index in [1.165, 1.54) is 24.3 Å². The molecule has 9 heteroatoms. The lowest BCUT2D eigenvalue weighted by Crippen LogP contribution is -2.49. The first-order valence-corrected chi connectivity index (χ1v) is 11.4. The van der Waals surface area contributed by atoms with Gasteiger partial charge in [-0.25, -0.2) is 22.8 Å². The van der Waals surface area contributed by atoms with Gasteiger partial charge in [-0.2, -0.15) is 0 Å². The van der Waals surface area contributed by atoms with E-state index >= 15 is 0 Å². The molecule has 1 saturated heterocycles. The van der Waals surface area contributed by atoms with E-state index in [0.717, 1.165) is 11.6 Å². The number of nitrogens with zero attached hydrogens (tertiary/aromatic N) is 1. The normalized spacial score (nSPS) is 18.4. The van der Waals surface area contributed by atoms with E-state index in [1.54, 1.807) is 41.3 Å². The Hall–Kier alpha value is -4.01. The van der Waals surface area contributed by atoms with E-state index in [2.05, 4.69) is 0 Å². The summed E-state index contributed by atoms with van der Waals surface area (Å²) in [6.45, 7) is 2.09. The Labute approximate surface area is 206 Å². The van der Waals surface area contributed by atoms with Crippen molar-refractivity contribution in [2.75, 3.05) is 13.2 Å². The minimum Gasteiger partial charge on any atom is -0.450 e. The molecule has 2 atom stereocenters. The molecule has 1 aliphatic rings. The molecule has 4 rings (SSSR count). The Morgan fingerprint density at radius 1 is 1.06 bits per heavy atom. The van der Waals surface area contributed by atoms with Crippen molar-refractivity contribution in [2.45, 2.75) is 31.4 Å². The van der Waals surface area contributed by atoms with E-state index in [9.17, 15) is 22.8 Å². The van der Waals surface area contributed by atoms with Crippen LogP contribution in [0.15, 0.2) is 66.7 Å². The molecule has 1 unspecified atom stereocenters. The molecule has 0 radical (unpaired) electrons. The van der Waals surface area contributed by atoms with Gasteiger partial charge in [0.2, 0.25) is 0 Å². The van der Waals surface area contributed by atoms with Crippen molar-refractivity contribution >= 4 is 12.2 Å². The summed E-state index contributed by atoms with van der Waals surface area (Å²) >= 11 is 0. The molecule has 0 bridgehead atoms. The van der Waals surface area contributed by atoms with Crippen LogP contribution in [0.3, 0.4) is 0 Å². The van der Waals surface area contributed by atoms with Gasteiger partial charge in [0.1, 0.15) is 23.1 Å². The Bertz CT molecular complexity index is 1250. The van der Waals surface area contributed by atoms with Crippen molar-refractivity contribution in [1.29, 1.82) is 0 Å². The molecular formula is C27H25F3N2O4. The maximum atomic E-state index is 14.1. The first kappa shape index (κ1) is 25.1. The number of nitrogens with two attached hydrogens (primary N) is 1. The number of hydrogen-bond acceptors (Lipinski definition) is 4. The van der Waals surface area contributed by atoms with Crippen LogP contribution in [0.1, 0.15) is 36.9 Å². The monoisotopic (exact) mass is 498 g/mol. The largest absolute Gasteiger partial charge is 0.450 e. The van der Waals surface area contributed by atoms with Gasteiger partial charge in [0.05, 0.1) is 12.6 Å². The predicted molar refractivity (Wildman–Crippen MR) is 126 cm³/mol. The molecule has 1 aliphatic heterocycles. The van der Waals surface area contributed by atoms with E-state index < -0.39 is 35.2 Å². The van der Waals surface area contributed by atoms with Crippen LogP contribution in [-0.2, 0) is 15.1 Å². The maximum Gasteiger partial charge on any atom is 0.411 e. The van der Waals surface area contributed by atoms with Crippen molar-refractivity contribution in [3.05, 3.63) is 95.3 Å². The van der Waals surface area contributed by atoms with Crippen molar-refractivity contribution < 1.29 is 32.2 Å². The van der Waals surface area contributed by atoms with E-state index in [0.29, 0.717) is 24.1 Å². The number of ether oxygens (including phenoxy) is 2. The molecule has 1 heterocycles. The second-order valence-corrected chi connectivity index (χ2v) is 8.65. The van der Waals surface area contributed by atoms with Gasteiger partial charge in [-0.05, 0) is 47.9 Å². The lowest BCUT2D eigenvalue weighted by molar-refractivity contribution is -0.0722. The Kier molecular flexibility index (Phi) is 7.19. The van der Waals surface area contributed by atoms with Crippen molar-refractivity contribution in [2.24, 2.45) is 5.73 Å². The van der Waals surface area contributed by atoms with Crippen LogP contribution in [-0.4, -0.2) is 30.2 Å². The van der Waals surface area contributed by atoms with Crippen LogP contribution in [0.2, 0.25) is 0 Å². The minimum atomic E-state index is -1.11. The Balaban J connectivity index is 1.51. The topological polar surface area (TPSA) is 81.9 Å². The van der Waals surface area contributed by atoms with Gasteiger partial charge in [-0.3, -0.25) is 0 Å². The van der Waals surface area contributed by atoms with Gasteiger partial charge in [0.25, 0.3) is 0 Å². The van der Waals surface area contributed by atoms with Crippen LogP contribution in [0.25, 0.3) is 11.1 Å². The smallest absolute Gasteiger partial charge is 0.411 e. The summed E-state index contributed by atoms with van der Waals surface area (Å²) in [5.74, 6) is -1.74. The van der Waals surface area contributed by atoms with Crippen LogP contribution < -0.4 is 5.73 Å². The molecule has 2 N–H and O–H groups in total. The Morgan fingerprint density at radius 3 is 2.33 bits per heavy atom. The second-order valence-electron chi connectivity index (χ2n) is 8.65. The summed E-state index contributed by atoms with van der Waals surface area (Å²) in [5, 5.41) is 0. The predicted octanol–water partition coefficient (Wildman–Crippen LogP) is 6.06. The highest BCUT2D eigenvalue weighted by Crippen LogP contribution is 2.40. The SMILES string of the molecule is C[C@@H](c1ccc(-c2ccc(F)cc2F)cc1)N1CCC(CCOC(N)=O)(c2ccc(F)cc2)OC1=O. The minimum absolute atomic E-state index is 0.0725. The van der Waals surface area contributed by atoms with Crippen LogP contribution in [0, 0.1) is 17.5 Å². The van der Waals surface area contributed by atoms with Crippen molar-refractivity contribution in [3.8, 4) is 11.1 Å². The molecule has 3 aromatic rings. The quantitative estimate of drug-likeness (QED) is 0.430. The summed E-state index contributed by atoms with van der Waals surface area (Å²) in [4.78, 5) is 25.7. The molecule has 3 aromatic carbocycles. The molecule has 188 valence electrons. The van der Waals surface area contributed by atoms with Gasteiger partial charge >= 0.3 is 12.2 Å².